The predicted molar refractivity (Wildman–Crippen MR) is 150 cm³/mol. The second-order valence-electron chi connectivity index (χ2n) is 10.9. The maximum Gasteiger partial charge on any atom is 0.280 e. The molecule has 5 aromatic rings. The molecule has 1 aliphatic rings. The Labute approximate surface area is 224 Å². The van der Waals surface area contributed by atoms with Gasteiger partial charge >= 0.3 is 0 Å². The average Bonchev–Trinajstić information content (AvgIpc) is 3.59. The minimum Gasteiger partial charge on any atom is -0.392 e. The van der Waals surface area contributed by atoms with Crippen molar-refractivity contribution in [2.45, 2.75) is 46.8 Å². The molecule has 2 N–H and O–H groups in total. The standard InChI is InChI=1S/C29H31N7O3/c1-5-34-16-20(14-31-34)32-23-10-19(15-33(4)27(23)38)21-6-7-30-26(22(21)17-37)36-9-8-35-24(28(36)39)11-18-12-29(2,3)13-25(18)35/h6-11,14-16,32,37H,5,12-13,17H2,1-4H3. The number of aliphatic hydroxyl groups is 1. The van der Waals surface area contributed by atoms with Crippen molar-refractivity contribution in [2.75, 3.05) is 5.32 Å². The Bertz CT molecular complexity index is 1860. The summed E-state index contributed by atoms with van der Waals surface area (Å²) in [5, 5.41) is 17.9. The van der Waals surface area contributed by atoms with E-state index >= 15 is 0 Å². The molecule has 0 bridgehead atoms. The number of nitrogens with zero attached hydrogens (tertiary/aromatic N) is 6. The van der Waals surface area contributed by atoms with Crippen molar-refractivity contribution >= 4 is 16.9 Å². The lowest BCUT2D eigenvalue weighted by Gasteiger charge is -2.17. The van der Waals surface area contributed by atoms with Crippen LogP contribution >= 0.6 is 0 Å². The highest BCUT2D eigenvalue weighted by molar-refractivity contribution is 5.73. The molecule has 6 rings (SSSR count). The van der Waals surface area contributed by atoms with Gasteiger partial charge in [-0.1, -0.05) is 13.8 Å². The highest BCUT2D eigenvalue weighted by Gasteiger charge is 2.31. The monoisotopic (exact) mass is 525 g/mol. The second kappa shape index (κ2) is 9.09. The van der Waals surface area contributed by atoms with Crippen LogP contribution in [0.1, 0.15) is 37.6 Å². The first-order chi connectivity index (χ1) is 18.7. The fourth-order valence-electron chi connectivity index (χ4n) is 5.65. The molecule has 10 heteroatoms. The summed E-state index contributed by atoms with van der Waals surface area (Å²) in [5.74, 6) is 0.358. The largest absolute Gasteiger partial charge is 0.392 e. The van der Waals surface area contributed by atoms with Crippen LogP contribution in [0.2, 0.25) is 0 Å². The van der Waals surface area contributed by atoms with Crippen molar-refractivity contribution in [3.8, 4) is 16.9 Å². The lowest BCUT2D eigenvalue weighted by atomic mass is 9.90. The summed E-state index contributed by atoms with van der Waals surface area (Å²) >= 11 is 0. The van der Waals surface area contributed by atoms with Gasteiger partial charge in [0.25, 0.3) is 11.1 Å². The average molecular weight is 526 g/mol. The van der Waals surface area contributed by atoms with E-state index in [9.17, 15) is 14.7 Å². The summed E-state index contributed by atoms with van der Waals surface area (Å²) in [6, 6.07) is 5.51. The normalized spacial score (nSPS) is 14.2. The van der Waals surface area contributed by atoms with Gasteiger partial charge < -0.3 is 19.4 Å². The van der Waals surface area contributed by atoms with Crippen molar-refractivity contribution in [3.05, 3.63) is 92.9 Å². The molecule has 0 spiro atoms. The van der Waals surface area contributed by atoms with Crippen LogP contribution in [0.15, 0.2) is 65.0 Å². The van der Waals surface area contributed by atoms with Crippen LogP contribution in [0.5, 0.6) is 0 Å². The van der Waals surface area contributed by atoms with Gasteiger partial charge in [0.05, 0.1) is 18.5 Å². The summed E-state index contributed by atoms with van der Waals surface area (Å²) < 4.78 is 6.73. The van der Waals surface area contributed by atoms with Gasteiger partial charge in [-0.15, -0.1) is 0 Å². The zero-order valence-corrected chi connectivity index (χ0v) is 22.5. The van der Waals surface area contributed by atoms with E-state index in [1.807, 2.05) is 29.8 Å². The SMILES string of the molecule is CCn1cc(Nc2cc(-c3ccnc(-n4ccn5c6c(cc5c4=O)CC(C)(C)C6)c3CO)cn(C)c2=O)cn1. The van der Waals surface area contributed by atoms with E-state index in [1.54, 1.807) is 48.6 Å². The summed E-state index contributed by atoms with van der Waals surface area (Å²) in [7, 11) is 1.68. The smallest absolute Gasteiger partial charge is 0.280 e. The highest BCUT2D eigenvalue weighted by atomic mass is 16.3. The number of aryl methyl sites for hydroxylation is 2. The first kappa shape index (κ1) is 24.9. The van der Waals surface area contributed by atoms with Gasteiger partial charge in [0, 0.05) is 61.4 Å². The summed E-state index contributed by atoms with van der Waals surface area (Å²) in [6.07, 6.45) is 12.3. The van der Waals surface area contributed by atoms with Gasteiger partial charge in [0.15, 0.2) is 0 Å². The van der Waals surface area contributed by atoms with Crippen LogP contribution in [0.25, 0.3) is 22.5 Å². The van der Waals surface area contributed by atoms with E-state index in [0.717, 1.165) is 12.8 Å². The molecule has 1 aliphatic carbocycles. The van der Waals surface area contributed by atoms with Crippen molar-refractivity contribution in [2.24, 2.45) is 12.5 Å². The van der Waals surface area contributed by atoms with Crippen molar-refractivity contribution in [1.82, 2.24) is 28.3 Å². The number of nitrogens with one attached hydrogen (secondary N) is 1. The molecule has 0 atom stereocenters. The number of anilines is 2. The molecule has 0 aromatic carbocycles. The minimum absolute atomic E-state index is 0.181. The van der Waals surface area contributed by atoms with Crippen LogP contribution in [0, 0.1) is 5.41 Å². The molecular weight excluding hydrogens is 494 g/mol. The van der Waals surface area contributed by atoms with E-state index in [2.05, 4.69) is 29.2 Å². The molecule has 0 aliphatic heterocycles. The highest BCUT2D eigenvalue weighted by Crippen LogP contribution is 2.37. The molecule has 0 saturated heterocycles. The van der Waals surface area contributed by atoms with Gasteiger partial charge in [-0.2, -0.15) is 5.10 Å². The molecular formula is C29H31N7O3. The molecule has 0 saturated carbocycles. The molecule has 0 fully saturated rings. The van der Waals surface area contributed by atoms with Crippen LogP contribution < -0.4 is 16.4 Å². The number of aromatic nitrogens is 6. The van der Waals surface area contributed by atoms with E-state index in [1.165, 1.54) is 20.4 Å². The Kier molecular flexibility index (Phi) is 5.80. The van der Waals surface area contributed by atoms with Gasteiger partial charge in [-0.05, 0) is 54.5 Å². The van der Waals surface area contributed by atoms with Gasteiger partial charge in [0.1, 0.15) is 17.0 Å². The van der Waals surface area contributed by atoms with Crippen LogP contribution in [0.4, 0.5) is 11.4 Å². The Morgan fingerprint density at radius 1 is 1.10 bits per heavy atom. The molecule has 10 nitrogen and oxygen atoms in total. The number of rotatable bonds is 6. The molecule has 200 valence electrons. The van der Waals surface area contributed by atoms with E-state index < -0.39 is 0 Å². The summed E-state index contributed by atoms with van der Waals surface area (Å²) in [5.41, 5.74) is 5.71. The molecule has 0 amide bonds. The summed E-state index contributed by atoms with van der Waals surface area (Å²) in [4.78, 5) is 31.1. The zero-order valence-electron chi connectivity index (χ0n) is 22.5. The Morgan fingerprint density at radius 2 is 1.92 bits per heavy atom. The van der Waals surface area contributed by atoms with Crippen LogP contribution in [-0.2, 0) is 33.0 Å². The fourth-order valence-corrected chi connectivity index (χ4v) is 5.65. The Morgan fingerprint density at radius 3 is 2.67 bits per heavy atom. The number of aliphatic hydroxyl groups excluding tert-OH is 1. The predicted octanol–water partition coefficient (Wildman–Crippen LogP) is 3.43. The second-order valence-corrected chi connectivity index (χ2v) is 10.9. The maximum atomic E-state index is 13.7. The first-order valence-corrected chi connectivity index (χ1v) is 13.0. The molecule has 0 radical (unpaired) electrons. The van der Waals surface area contributed by atoms with Crippen LogP contribution in [0.3, 0.4) is 0 Å². The number of hydrogen-bond acceptors (Lipinski definition) is 6. The van der Waals surface area contributed by atoms with Crippen LogP contribution in [-0.4, -0.2) is 33.4 Å². The molecule has 5 heterocycles. The Hall–Kier alpha value is -4.44. The maximum absolute atomic E-state index is 13.7. The lowest BCUT2D eigenvalue weighted by molar-refractivity contribution is 0.281. The Balaban J connectivity index is 1.45. The first-order valence-electron chi connectivity index (χ1n) is 13.0. The molecule has 5 aromatic heterocycles. The topological polar surface area (TPSA) is 111 Å². The molecule has 0 unspecified atom stereocenters. The third-order valence-corrected chi connectivity index (χ3v) is 7.50. The quantitative estimate of drug-likeness (QED) is 0.351. The third-order valence-electron chi connectivity index (χ3n) is 7.50. The van der Waals surface area contributed by atoms with Gasteiger partial charge in [-0.3, -0.25) is 18.8 Å². The lowest BCUT2D eigenvalue weighted by Crippen LogP contribution is -2.23. The van der Waals surface area contributed by atoms with Gasteiger partial charge in [-0.25, -0.2) is 4.98 Å². The minimum atomic E-state index is -0.337. The van der Waals surface area contributed by atoms with Crippen molar-refractivity contribution < 1.29 is 5.11 Å². The third kappa shape index (κ3) is 4.17. The van der Waals surface area contributed by atoms with Crippen molar-refractivity contribution in [1.29, 1.82) is 0 Å². The van der Waals surface area contributed by atoms with Crippen molar-refractivity contribution in [3.63, 3.8) is 0 Å². The van der Waals surface area contributed by atoms with Gasteiger partial charge in [0.2, 0.25) is 0 Å². The number of fused-ring (bicyclic) bond motifs is 3. The number of pyridine rings is 2. The fraction of sp³-hybridized carbons (Fsp3) is 0.310. The summed E-state index contributed by atoms with van der Waals surface area (Å²) in [6.45, 7) is 6.84. The zero-order chi connectivity index (χ0) is 27.5. The van der Waals surface area contributed by atoms with E-state index in [4.69, 9.17) is 0 Å². The van der Waals surface area contributed by atoms with E-state index in [0.29, 0.717) is 45.9 Å². The molecule has 39 heavy (non-hydrogen) atoms. The number of hydrogen-bond donors (Lipinski definition) is 2. The van der Waals surface area contributed by atoms with E-state index in [-0.39, 0.29) is 23.1 Å².